The summed E-state index contributed by atoms with van der Waals surface area (Å²) in [5.74, 6) is -0.423. The summed E-state index contributed by atoms with van der Waals surface area (Å²) in [6.07, 6.45) is 2.97. The Morgan fingerprint density at radius 2 is 1.93 bits per heavy atom. The summed E-state index contributed by atoms with van der Waals surface area (Å²) in [6.45, 7) is 1.59. The molecule has 2 aromatic carbocycles. The molecule has 0 unspecified atom stereocenters. The monoisotopic (exact) mass is 385 g/mol. The molecule has 1 heterocycles. The van der Waals surface area contributed by atoms with Gasteiger partial charge in [0.25, 0.3) is 11.8 Å². The molecule has 0 radical (unpaired) electrons. The van der Waals surface area contributed by atoms with Crippen molar-refractivity contribution in [2.24, 2.45) is 0 Å². The highest BCUT2D eigenvalue weighted by Gasteiger charge is 2.09. The van der Waals surface area contributed by atoms with Gasteiger partial charge in [0.1, 0.15) is 18.4 Å². The van der Waals surface area contributed by atoms with E-state index in [1.54, 1.807) is 53.5 Å². The fourth-order valence-corrected chi connectivity index (χ4v) is 2.32. The number of benzene rings is 2. The maximum absolute atomic E-state index is 12.1. The highest BCUT2D eigenvalue weighted by Crippen LogP contribution is 2.20. The van der Waals surface area contributed by atoms with E-state index >= 15 is 0 Å². The molecule has 138 valence electrons. The summed E-state index contributed by atoms with van der Waals surface area (Å²) in [6, 6.07) is 11.8. The van der Waals surface area contributed by atoms with E-state index in [-0.39, 0.29) is 6.61 Å². The van der Waals surface area contributed by atoms with E-state index in [0.29, 0.717) is 16.3 Å². The molecule has 1 aromatic heterocycles. The highest BCUT2D eigenvalue weighted by molar-refractivity contribution is 6.31. The van der Waals surface area contributed by atoms with Crippen LogP contribution in [0.2, 0.25) is 5.02 Å². The third-order valence-electron chi connectivity index (χ3n) is 3.63. The van der Waals surface area contributed by atoms with Crippen molar-refractivity contribution >= 4 is 23.4 Å². The maximum Gasteiger partial charge on any atom is 0.276 e. The second-order valence-electron chi connectivity index (χ2n) is 5.59. The number of aromatic nitrogens is 3. The first-order valence-corrected chi connectivity index (χ1v) is 8.34. The van der Waals surface area contributed by atoms with Crippen molar-refractivity contribution in [3.63, 3.8) is 0 Å². The molecule has 27 heavy (non-hydrogen) atoms. The zero-order valence-corrected chi connectivity index (χ0v) is 15.1. The van der Waals surface area contributed by atoms with E-state index in [2.05, 4.69) is 20.9 Å². The summed E-state index contributed by atoms with van der Waals surface area (Å²) in [7, 11) is 0. The van der Waals surface area contributed by atoms with Gasteiger partial charge in [-0.3, -0.25) is 20.4 Å². The van der Waals surface area contributed by atoms with Crippen molar-refractivity contribution in [3.05, 3.63) is 71.3 Å². The first-order valence-electron chi connectivity index (χ1n) is 7.96. The number of hydrogen-bond donors (Lipinski definition) is 2. The molecule has 0 fully saturated rings. The zero-order valence-electron chi connectivity index (χ0n) is 14.3. The number of nitrogens with one attached hydrogen (secondary N) is 2. The molecule has 0 aliphatic carbocycles. The van der Waals surface area contributed by atoms with Crippen molar-refractivity contribution in [1.29, 1.82) is 0 Å². The van der Waals surface area contributed by atoms with Gasteiger partial charge in [-0.05, 0) is 55.0 Å². The zero-order chi connectivity index (χ0) is 19.2. The van der Waals surface area contributed by atoms with Gasteiger partial charge in [-0.15, -0.1) is 0 Å². The van der Waals surface area contributed by atoms with Gasteiger partial charge in [0.05, 0.1) is 5.69 Å². The molecule has 0 atom stereocenters. The largest absolute Gasteiger partial charge is 0.484 e. The Bertz CT molecular complexity index is 942. The molecule has 2 amide bonds. The van der Waals surface area contributed by atoms with Crippen LogP contribution in [-0.2, 0) is 4.79 Å². The predicted octanol–water partition coefficient (Wildman–Crippen LogP) is 2.07. The average Bonchev–Trinajstić information content (AvgIpc) is 3.22. The van der Waals surface area contributed by atoms with Crippen molar-refractivity contribution in [1.82, 2.24) is 25.6 Å². The Morgan fingerprint density at radius 3 is 2.59 bits per heavy atom. The number of carbonyl (C=O) groups is 2. The lowest BCUT2D eigenvalue weighted by atomic mass is 10.2. The summed E-state index contributed by atoms with van der Waals surface area (Å²) in [5, 5.41) is 4.62. The Labute approximate surface area is 160 Å². The summed E-state index contributed by atoms with van der Waals surface area (Å²) >= 11 is 5.93. The quantitative estimate of drug-likeness (QED) is 0.655. The number of aryl methyl sites for hydroxylation is 1. The lowest BCUT2D eigenvalue weighted by Crippen LogP contribution is -2.43. The molecular formula is C18H16ClN5O3. The van der Waals surface area contributed by atoms with E-state index < -0.39 is 11.8 Å². The molecular weight excluding hydrogens is 370 g/mol. The van der Waals surface area contributed by atoms with Crippen LogP contribution in [-0.4, -0.2) is 33.2 Å². The molecule has 0 aliphatic rings. The number of amides is 2. The number of nitrogens with zero attached hydrogens (tertiary/aromatic N) is 3. The number of halogens is 1. The molecule has 3 aromatic rings. The minimum atomic E-state index is -0.491. The Kier molecular flexibility index (Phi) is 5.68. The third-order valence-corrected chi connectivity index (χ3v) is 4.05. The standard InChI is InChI=1S/C18H16ClN5O3/c1-12-8-15(6-7-16(12)19)27-9-17(25)22-23-18(26)13-2-4-14(5-3-13)24-11-20-10-21-24/h2-8,10-11H,9H2,1H3,(H,22,25)(H,23,26). The highest BCUT2D eigenvalue weighted by atomic mass is 35.5. The van der Waals surface area contributed by atoms with Crippen LogP contribution in [0.3, 0.4) is 0 Å². The molecule has 0 spiro atoms. The second-order valence-corrected chi connectivity index (χ2v) is 6.00. The van der Waals surface area contributed by atoms with Crippen LogP contribution in [0.15, 0.2) is 55.1 Å². The fraction of sp³-hybridized carbons (Fsp3) is 0.111. The molecule has 3 rings (SSSR count). The lowest BCUT2D eigenvalue weighted by Gasteiger charge is -2.10. The number of carbonyl (C=O) groups excluding carboxylic acids is 2. The van der Waals surface area contributed by atoms with Crippen molar-refractivity contribution in [2.75, 3.05) is 6.61 Å². The first-order chi connectivity index (χ1) is 13.0. The van der Waals surface area contributed by atoms with E-state index in [0.717, 1.165) is 11.3 Å². The molecule has 8 nitrogen and oxygen atoms in total. The molecule has 0 aliphatic heterocycles. The number of ether oxygens (including phenoxy) is 1. The number of hydrazine groups is 1. The Balaban J connectivity index is 1.48. The van der Waals surface area contributed by atoms with Crippen LogP contribution < -0.4 is 15.6 Å². The van der Waals surface area contributed by atoms with Crippen molar-refractivity contribution in [3.8, 4) is 11.4 Å². The Hall–Kier alpha value is -3.39. The molecule has 0 bridgehead atoms. The van der Waals surface area contributed by atoms with Crippen molar-refractivity contribution in [2.45, 2.75) is 6.92 Å². The SMILES string of the molecule is Cc1cc(OCC(=O)NNC(=O)c2ccc(-n3cncn3)cc2)ccc1Cl. The van der Waals surface area contributed by atoms with Gasteiger partial charge in [-0.1, -0.05) is 11.6 Å². The third kappa shape index (κ3) is 4.83. The molecule has 2 N–H and O–H groups in total. The average molecular weight is 386 g/mol. The maximum atomic E-state index is 12.1. The van der Waals surface area contributed by atoms with Crippen LogP contribution in [0.1, 0.15) is 15.9 Å². The minimum Gasteiger partial charge on any atom is -0.484 e. The predicted molar refractivity (Wildman–Crippen MR) is 98.7 cm³/mol. The van der Waals surface area contributed by atoms with Crippen LogP contribution in [0.25, 0.3) is 5.69 Å². The number of hydrogen-bond acceptors (Lipinski definition) is 5. The van der Waals surface area contributed by atoms with Gasteiger partial charge in [-0.2, -0.15) is 5.10 Å². The van der Waals surface area contributed by atoms with Crippen LogP contribution in [0, 0.1) is 6.92 Å². The molecule has 0 saturated heterocycles. The smallest absolute Gasteiger partial charge is 0.276 e. The molecule has 0 saturated carbocycles. The second kappa shape index (κ2) is 8.33. The fourth-order valence-electron chi connectivity index (χ4n) is 2.20. The van der Waals surface area contributed by atoms with Crippen LogP contribution in [0.4, 0.5) is 0 Å². The van der Waals surface area contributed by atoms with Crippen molar-refractivity contribution < 1.29 is 14.3 Å². The minimum absolute atomic E-state index is 0.243. The van der Waals surface area contributed by atoms with E-state index in [1.807, 2.05) is 6.92 Å². The van der Waals surface area contributed by atoms with E-state index in [4.69, 9.17) is 16.3 Å². The molecule has 9 heteroatoms. The van der Waals surface area contributed by atoms with E-state index in [9.17, 15) is 9.59 Å². The van der Waals surface area contributed by atoms with E-state index in [1.165, 1.54) is 6.33 Å². The summed E-state index contributed by atoms with van der Waals surface area (Å²) in [5.41, 5.74) is 6.63. The van der Waals surface area contributed by atoms with Crippen LogP contribution >= 0.6 is 11.6 Å². The lowest BCUT2D eigenvalue weighted by molar-refractivity contribution is -0.123. The van der Waals surface area contributed by atoms with Gasteiger partial charge in [0.15, 0.2) is 6.61 Å². The first kappa shape index (κ1) is 18.4. The van der Waals surface area contributed by atoms with Gasteiger partial charge in [-0.25, -0.2) is 9.67 Å². The van der Waals surface area contributed by atoms with Crippen LogP contribution in [0.5, 0.6) is 5.75 Å². The Morgan fingerprint density at radius 1 is 1.15 bits per heavy atom. The van der Waals surface area contributed by atoms with Gasteiger partial charge < -0.3 is 4.74 Å². The van der Waals surface area contributed by atoms with Gasteiger partial charge in [0, 0.05) is 10.6 Å². The topological polar surface area (TPSA) is 98.1 Å². The van der Waals surface area contributed by atoms with Gasteiger partial charge in [0.2, 0.25) is 0 Å². The summed E-state index contributed by atoms with van der Waals surface area (Å²) in [4.78, 5) is 27.8. The normalized spacial score (nSPS) is 10.3. The number of rotatable bonds is 5. The summed E-state index contributed by atoms with van der Waals surface area (Å²) < 4.78 is 6.93. The van der Waals surface area contributed by atoms with Gasteiger partial charge >= 0.3 is 0 Å².